The van der Waals surface area contributed by atoms with Crippen LogP contribution in [0.5, 0.6) is 5.75 Å². The van der Waals surface area contributed by atoms with E-state index in [0.717, 1.165) is 11.4 Å². The van der Waals surface area contributed by atoms with Crippen molar-refractivity contribution < 1.29 is 9.53 Å². The SMILES string of the molecule is C[C@]1(C(=O)N2CCOc3ccccc32)CC1(Cl)Cl. The van der Waals surface area contributed by atoms with Crippen molar-refractivity contribution >= 4 is 34.8 Å². The second-order valence-electron chi connectivity index (χ2n) is 4.99. The second kappa shape index (κ2) is 3.78. The first-order chi connectivity index (χ1) is 8.46. The van der Waals surface area contributed by atoms with Crippen molar-refractivity contribution in [2.75, 3.05) is 18.1 Å². The van der Waals surface area contributed by atoms with E-state index in [2.05, 4.69) is 0 Å². The molecule has 18 heavy (non-hydrogen) atoms. The second-order valence-corrected chi connectivity index (χ2v) is 6.47. The molecule has 0 unspecified atom stereocenters. The largest absolute Gasteiger partial charge is 0.490 e. The Morgan fingerprint density at radius 2 is 2.06 bits per heavy atom. The average molecular weight is 286 g/mol. The van der Waals surface area contributed by atoms with Gasteiger partial charge in [-0.25, -0.2) is 0 Å². The first-order valence-electron chi connectivity index (χ1n) is 5.87. The van der Waals surface area contributed by atoms with E-state index >= 15 is 0 Å². The zero-order valence-electron chi connectivity index (χ0n) is 9.95. The highest BCUT2D eigenvalue weighted by Gasteiger charge is 2.69. The molecular formula is C13H13Cl2NO2. The molecule has 0 bridgehead atoms. The summed E-state index contributed by atoms with van der Waals surface area (Å²) >= 11 is 12.2. The number of amides is 1. The standard InChI is InChI=1S/C13H13Cl2NO2/c1-12(8-13(12,14)15)11(17)16-6-7-18-10-5-3-2-4-9(10)16/h2-5H,6-8H2,1H3/t12-/m1/s1. The molecule has 1 heterocycles. The molecule has 2 aliphatic rings. The number of anilines is 1. The van der Waals surface area contributed by atoms with E-state index < -0.39 is 9.75 Å². The molecule has 0 N–H and O–H groups in total. The molecule has 0 spiro atoms. The summed E-state index contributed by atoms with van der Waals surface area (Å²) in [5.41, 5.74) is 0.117. The molecule has 0 saturated heterocycles. The van der Waals surface area contributed by atoms with E-state index in [1.165, 1.54) is 0 Å². The minimum atomic E-state index is -0.933. The molecule has 1 saturated carbocycles. The molecule has 3 nitrogen and oxygen atoms in total. The molecule has 1 amide bonds. The smallest absolute Gasteiger partial charge is 0.236 e. The van der Waals surface area contributed by atoms with Crippen LogP contribution in [0, 0.1) is 5.41 Å². The monoisotopic (exact) mass is 285 g/mol. The Morgan fingerprint density at radius 1 is 1.39 bits per heavy atom. The number of alkyl halides is 2. The summed E-state index contributed by atoms with van der Waals surface area (Å²) in [5, 5.41) is 0. The molecular weight excluding hydrogens is 273 g/mol. The lowest BCUT2D eigenvalue weighted by Crippen LogP contribution is -2.43. The van der Waals surface area contributed by atoms with Crippen LogP contribution in [-0.4, -0.2) is 23.4 Å². The van der Waals surface area contributed by atoms with Gasteiger partial charge in [-0.2, -0.15) is 0 Å². The number of hydrogen-bond donors (Lipinski definition) is 0. The highest BCUT2D eigenvalue weighted by molar-refractivity contribution is 6.53. The van der Waals surface area contributed by atoms with Crippen LogP contribution in [0.15, 0.2) is 24.3 Å². The Kier molecular flexibility index (Phi) is 2.55. The predicted octanol–water partition coefficient (Wildman–Crippen LogP) is 3.00. The maximum atomic E-state index is 12.6. The molecule has 0 radical (unpaired) electrons. The van der Waals surface area contributed by atoms with E-state index in [4.69, 9.17) is 27.9 Å². The number of ether oxygens (including phenoxy) is 1. The minimum Gasteiger partial charge on any atom is -0.490 e. The first-order valence-corrected chi connectivity index (χ1v) is 6.63. The van der Waals surface area contributed by atoms with E-state index in [9.17, 15) is 4.79 Å². The Morgan fingerprint density at radius 3 is 2.72 bits per heavy atom. The van der Waals surface area contributed by atoms with E-state index in [1.54, 1.807) is 4.90 Å². The number of carbonyl (C=O) groups is 1. The van der Waals surface area contributed by atoms with Crippen molar-refractivity contribution in [2.45, 2.75) is 17.7 Å². The van der Waals surface area contributed by atoms with Gasteiger partial charge in [0.15, 0.2) is 0 Å². The molecule has 96 valence electrons. The highest BCUT2D eigenvalue weighted by Crippen LogP contribution is 2.64. The topological polar surface area (TPSA) is 29.5 Å². The molecule has 1 aliphatic carbocycles. The predicted molar refractivity (Wildman–Crippen MR) is 71.5 cm³/mol. The van der Waals surface area contributed by atoms with Gasteiger partial charge in [0, 0.05) is 0 Å². The van der Waals surface area contributed by atoms with Crippen molar-refractivity contribution in [3.05, 3.63) is 24.3 Å². The van der Waals surface area contributed by atoms with Crippen molar-refractivity contribution in [1.82, 2.24) is 0 Å². The normalized spacial score (nSPS) is 28.3. The van der Waals surface area contributed by atoms with E-state index in [1.807, 2.05) is 31.2 Å². The third-order valence-electron chi connectivity index (χ3n) is 3.70. The zero-order valence-corrected chi connectivity index (χ0v) is 11.5. The highest BCUT2D eigenvalue weighted by atomic mass is 35.5. The summed E-state index contributed by atoms with van der Waals surface area (Å²) < 4.78 is 4.60. The van der Waals surface area contributed by atoms with E-state index in [0.29, 0.717) is 19.6 Å². The number of para-hydroxylation sites is 2. The Labute approximate surface area is 116 Å². The summed E-state index contributed by atoms with van der Waals surface area (Å²) in [6.45, 7) is 2.85. The van der Waals surface area contributed by atoms with E-state index in [-0.39, 0.29) is 5.91 Å². The summed E-state index contributed by atoms with van der Waals surface area (Å²) in [7, 11) is 0. The third-order valence-corrected chi connectivity index (χ3v) is 4.80. The first kappa shape index (κ1) is 12.1. The Bertz CT molecular complexity index is 517. The lowest BCUT2D eigenvalue weighted by atomic mass is 10.1. The van der Waals surface area contributed by atoms with Gasteiger partial charge in [-0.3, -0.25) is 4.79 Å². The molecule has 0 aromatic heterocycles. The van der Waals surface area contributed by atoms with Crippen LogP contribution in [0.3, 0.4) is 0 Å². The average Bonchev–Trinajstić information content (AvgIpc) is 2.88. The fourth-order valence-electron chi connectivity index (χ4n) is 2.31. The van der Waals surface area contributed by atoms with Crippen LogP contribution in [0.2, 0.25) is 0 Å². The van der Waals surface area contributed by atoms with Gasteiger partial charge in [0.2, 0.25) is 5.91 Å². The summed E-state index contributed by atoms with van der Waals surface area (Å²) in [6.07, 6.45) is 0.501. The number of halogens is 2. The van der Waals surface area contributed by atoms with Crippen LogP contribution in [0.25, 0.3) is 0 Å². The summed E-state index contributed by atoms with van der Waals surface area (Å²) in [6, 6.07) is 7.51. The molecule has 1 aromatic carbocycles. The fourth-order valence-corrected chi connectivity index (χ4v) is 3.01. The van der Waals surface area contributed by atoms with Crippen LogP contribution in [0.1, 0.15) is 13.3 Å². The molecule has 5 heteroatoms. The van der Waals surface area contributed by atoms with Crippen LogP contribution in [0.4, 0.5) is 5.69 Å². The quantitative estimate of drug-likeness (QED) is 0.743. The Balaban J connectivity index is 1.94. The molecule has 1 aliphatic heterocycles. The Hall–Kier alpha value is -0.930. The summed E-state index contributed by atoms with van der Waals surface area (Å²) in [4.78, 5) is 14.3. The summed E-state index contributed by atoms with van der Waals surface area (Å²) in [5.74, 6) is 0.708. The van der Waals surface area contributed by atoms with Crippen LogP contribution >= 0.6 is 23.2 Å². The van der Waals surface area contributed by atoms with Crippen molar-refractivity contribution in [3.63, 3.8) is 0 Å². The van der Waals surface area contributed by atoms with Gasteiger partial charge in [-0.15, -0.1) is 23.2 Å². The lowest BCUT2D eigenvalue weighted by Gasteiger charge is -2.31. The number of fused-ring (bicyclic) bond motifs is 1. The number of hydrogen-bond acceptors (Lipinski definition) is 2. The molecule has 1 aromatic rings. The van der Waals surface area contributed by atoms with Crippen LogP contribution in [-0.2, 0) is 4.79 Å². The number of benzene rings is 1. The molecule has 1 atom stereocenters. The van der Waals surface area contributed by atoms with Crippen molar-refractivity contribution in [2.24, 2.45) is 5.41 Å². The van der Waals surface area contributed by atoms with Gasteiger partial charge >= 0.3 is 0 Å². The van der Waals surface area contributed by atoms with Crippen LogP contribution < -0.4 is 9.64 Å². The van der Waals surface area contributed by atoms with Gasteiger partial charge in [0.25, 0.3) is 0 Å². The maximum absolute atomic E-state index is 12.6. The van der Waals surface area contributed by atoms with Gasteiger partial charge in [-0.1, -0.05) is 12.1 Å². The molecule has 3 rings (SSSR count). The van der Waals surface area contributed by atoms with Crippen molar-refractivity contribution in [3.8, 4) is 5.75 Å². The zero-order chi connectivity index (χ0) is 13.0. The molecule has 1 fully saturated rings. The maximum Gasteiger partial charge on any atom is 0.236 e. The fraction of sp³-hybridized carbons (Fsp3) is 0.462. The number of carbonyl (C=O) groups excluding carboxylic acids is 1. The number of rotatable bonds is 1. The van der Waals surface area contributed by atoms with Gasteiger partial charge in [0.05, 0.1) is 17.6 Å². The van der Waals surface area contributed by atoms with Gasteiger partial charge in [0.1, 0.15) is 16.7 Å². The van der Waals surface area contributed by atoms with Gasteiger partial charge < -0.3 is 9.64 Å². The van der Waals surface area contributed by atoms with Crippen molar-refractivity contribution in [1.29, 1.82) is 0 Å². The minimum absolute atomic E-state index is 0.0248. The lowest BCUT2D eigenvalue weighted by molar-refractivity contribution is -0.123. The van der Waals surface area contributed by atoms with Gasteiger partial charge in [-0.05, 0) is 25.5 Å². The third kappa shape index (κ3) is 1.61. The number of nitrogens with zero attached hydrogens (tertiary/aromatic N) is 1.